The molecule has 2 aliphatic rings. The van der Waals surface area contributed by atoms with Gasteiger partial charge in [-0.25, -0.2) is 0 Å². The van der Waals surface area contributed by atoms with Gasteiger partial charge in [-0.15, -0.1) is 0 Å². The SMILES string of the molecule is CCNC(=NCC1(C(=O)N(C)C)CCCC1)N1CCN(Cc2ccon2)CC1. The Labute approximate surface area is 167 Å². The predicted octanol–water partition coefficient (Wildman–Crippen LogP) is 1.41. The molecule has 3 rings (SSSR count). The standard InChI is InChI=1S/C20H34N6O2/c1-4-21-19(22-16-20(8-5-6-9-20)18(27)24(2)3)26-12-10-25(11-13-26)15-17-7-14-28-23-17/h7,14H,4-6,8-13,15-16H2,1-3H3,(H,21,22). The number of aliphatic imine (C=N–C) groups is 1. The summed E-state index contributed by atoms with van der Waals surface area (Å²) in [5, 5.41) is 7.43. The molecule has 0 radical (unpaired) electrons. The zero-order valence-electron chi connectivity index (χ0n) is 17.5. The monoisotopic (exact) mass is 390 g/mol. The van der Waals surface area contributed by atoms with E-state index in [1.54, 1.807) is 11.2 Å². The summed E-state index contributed by atoms with van der Waals surface area (Å²) in [6.45, 7) is 8.05. The zero-order valence-corrected chi connectivity index (χ0v) is 17.5. The molecular weight excluding hydrogens is 356 g/mol. The number of hydrogen-bond donors (Lipinski definition) is 1. The molecule has 1 amide bonds. The quantitative estimate of drug-likeness (QED) is 0.585. The lowest BCUT2D eigenvalue weighted by atomic mass is 9.85. The minimum atomic E-state index is -0.320. The minimum Gasteiger partial charge on any atom is -0.364 e. The van der Waals surface area contributed by atoms with Crippen LogP contribution in [0.25, 0.3) is 0 Å². The summed E-state index contributed by atoms with van der Waals surface area (Å²) in [5.74, 6) is 1.16. The van der Waals surface area contributed by atoms with Gasteiger partial charge >= 0.3 is 0 Å². The van der Waals surface area contributed by atoms with E-state index in [-0.39, 0.29) is 11.3 Å². The van der Waals surface area contributed by atoms with Gasteiger partial charge in [-0.05, 0) is 19.8 Å². The zero-order chi connectivity index (χ0) is 20.0. The Bertz CT molecular complexity index is 644. The number of aromatic nitrogens is 1. The minimum absolute atomic E-state index is 0.224. The molecule has 1 aliphatic heterocycles. The molecule has 2 heterocycles. The highest BCUT2D eigenvalue weighted by Crippen LogP contribution is 2.39. The van der Waals surface area contributed by atoms with E-state index in [4.69, 9.17) is 9.52 Å². The molecular formula is C20H34N6O2. The molecule has 0 unspecified atom stereocenters. The van der Waals surface area contributed by atoms with Crippen LogP contribution in [-0.4, -0.2) is 85.1 Å². The van der Waals surface area contributed by atoms with Crippen molar-refractivity contribution in [2.45, 2.75) is 39.2 Å². The number of rotatable bonds is 6. The van der Waals surface area contributed by atoms with Crippen molar-refractivity contribution in [3.63, 3.8) is 0 Å². The molecule has 0 aromatic carbocycles. The molecule has 1 aromatic rings. The second kappa shape index (κ2) is 9.41. The van der Waals surface area contributed by atoms with Crippen LogP contribution in [0.5, 0.6) is 0 Å². The van der Waals surface area contributed by atoms with Crippen molar-refractivity contribution in [3.05, 3.63) is 18.0 Å². The molecule has 0 spiro atoms. The fraction of sp³-hybridized carbons (Fsp3) is 0.750. The number of carbonyl (C=O) groups excluding carboxylic acids is 1. The van der Waals surface area contributed by atoms with Gasteiger partial charge in [0.15, 0.2) is 5.96 Å². The first-order valence-electron chi connectivity index (χ1n) is 10.4. The van der Waals surface area contributed by atoms with E-state index < -0.39 is 0 Å². The fourth-order valence-electron chi connectivity index (χ4n) is 4.28. The normalized spacial score (nSPS) is 20.4. The first-order valence-corrected chi connectivity index (χ1v) is 10.4. The van der Waals surface area contributed by atoms with Crippen molar-refractivity contribution in [1.82, 2.24) is 25.2 Å². The molecule has 0 bridgehead atoms. The number of nitrogens with zero attached hydrogens (tertiary/aromatic N) is 5. The lowest BCUT2D eigenvalue weighted by Crippen LogP contribution is -2.52. The summed E-state index contributed by atoms with van der Waals surface area (Å²) < 4.78 is 4.93. The van der Waals surface area contributed by atoms with E-state index in [1.807, 2.05) is 20.2 Å². The Morgan fingerprint density at radius 3 is 2.57 bits per heavy atom. The van der Waals surface area contributed by atoms with E-state index >= 15 is 0 Å². The molecule has 1 aliphatic carbocycles. The third-order valence-corrected chi connectivity index (χ3v) is 5.84. The van der Waals surface area contributed by atoms with Crippen molar-refractivity contribution in [2.75, 3.05) is 53.4 Å². The molecule has 1 N–H and O–H groups in total. The highest BCUT2D eigenvalue weighted by molar-refractivity contribution is 5.84. The van der Waals surface area contributed by atoms with Crippen LogP contribution in [0.4, 0.5) is 0 Å². The Balaban J connectivity index is 1.62. The third-order valence-electron chi connectivity index (χ3n) is 5.84. The van der Waals surface area contributed by atoms with Gasteiger partial charge in [-0.1, -0.05) is 18.0 Å². The summed E-state index contributed by atoms with van der Waals surface area (Å²) in [6.07, 6.45) is 5.74. The van der Waals surface area contributed by atoms with Gasteiger partial charge in [0.1, 0.15) is 6.26 Å². The van der Waals surface area contributed by atoms with Crippen LogP contribution in [0.15, 0.2) is 21.8 Å². The largest absolute Gasteiger partial charge is 0.364 e. The van der Waals surface area contributed by atoms with Crippen LogP contribution in [-0.2, 0) is 11.3 Å². The number of piperazine rings is 1. The van der Waals surface area contributed by atoms with Gasteiger partial charge in [-0.3, -0.25) is 14.7 Å². The summed E-state index contributed by atoms with van der Waals surface area (Å²) >= 11 is 0. The van der Waals surface area contributed by atoms with Gasteiger partial charge in [0.25, 0.3) is 0 Å². The molecule has 2 fully saturated rings. The first-order chi connectivity index (χ1) is 13.5. The van der Waals surface area contributed by atoms with Crippen LogP contribution in [0.3, 0.4) is 0 Å². The van der Waals surface area contributed by atoms with Crippen LogP contribution in [0.1, 0.15) is 38.3 Å². The van der Waals surface area contributed by atoms with Crippen molar-refractivity contribution in [3.8, 4) is 0 Å². The average molecular weight is 391 g/mol. The van der Waals surface area contributed by atoms with E-state index in [2.05, 4.69) is 27.2 Å². The maximum Gasteiger partial charge on any atom is 0.230 e. The molecule has 8 nitrogen and oxygen atoms in total. The number of nitrogens with one attached hydrogen (secondary N) is 1. The van der Waals surface area contributed by atoms with Crippen molar-refractivity contribution in [2.24, 2.45) is 10.4 Å². The second-order valence-electron chi connectivity index (χ2n) is 8.11. The molecule has 1 saturated carbocycles. The van der Waals surface area contributed by atoms with Gasteiger partial charge < -0.3 is 19.6 Å². The summed E-state index contributed by atoms with van der Waals surface area (Å²) in [5.41, 5.74) is 0.651. The molecule has 8 heteroatoms. The van der Waals surface area contributed by atoms with E-state index in [0.717, 1.165) is 76.6 Å². The number of amides is 1. The molecule has 0 atom stereocenters. The van der Waals surface area contributed by atoms with E-state index in [0.29, 0.717) is 6.54 Å². The highest BCUT2D eigenvalue weighted by Gasteiger charge is 2.42. The lowest BCUT2D eigenvalue weighted by molar-refractivity contribution is -0.138. The van der Waals surface area contributed by atoms with Crippen molar-refractivity contribution >= 4 is 11.9 Å². The molecule has 28 heavy (non-hydrogen) atoms. The maximum absolute atomic E-state index is 12.8. The average Bonchev–Trinajstić information content (AvgIpc) is 3.38. The van der Waals surface area contributed by atoms with Crippen LogP contribution >= 0.6 is 0 Å². The maximum atomic E-state index is 12.8. The first kappa shape index (κ1) is 20.6. The number of carbonyl (C=O) groups is 1. The summed E-state index contributed by atoms with van der Waals surface area (Å²) in [4.78, 5) is 24.2. The Kier molecular flexibility index (Phi) is 6.93. The van der Waals surface area contributed by atoms with E-state index in [9.17, 15) is 4.79 Å². The topological polar surface area (TPSA) is 77.2 Å². The third kappa shape index (κ3) is 4.84. The molecule has 156 valence electrons. The van der Waals surface area contributed by atoms with Crippen LogP contribution in [0.2, 0.25) is 0 Å². The van der Waals surface area contributed by atoms with Gasteiger partial charge in [0.05, 0.1) is 17.7 Å². The Morgan fingerprint density at radius 1 is 1.29 bits per heavy atom. The predicted molar refractivity (Wildman–Crippen MR) is 109 cm³/mol. The molecule has 1 saturated heterocycles. The van der Waals surface area contributed by atoms with E-state index in [1.165, 1.54) is 0 Å². The number of hydrogen-bond acceptors (Lipinski definition) is 5. The van der Waals surface area contributed by atoms with Crippen molar-refractivity contribution in [1.29, 1.82) is 0 Å². The number of guanidine groups is 1. The van der Waals surface area contributed by atoms with Crippen LogP contribution in [0, 0.1) is 5.41 Å². The van der Waals surface area contributed by atoms with Gasteiger partial charge in [0, 0.05) is 59.4 Å². The Morgan fingerprint density at radius 2 is 2.00 bits per heavy atom. The summed E-state index contributed by atoms with van der Waals surface area (Å²) in [6, 6.07) is 1.92. The molecule has 1 aromatic heterocycles. The lowest BCUT2D eigenvalue weighted by Gasteiger charge is -2.37. The van der Waals surface area contributed by atoms with Crippen molar-refractivity contribution < 1.29 is 9.32 Å². The van der Waals surface area contributed by atoms with Crippen LogP contribution < -0.4 is 5.32 Å². The fourth-order valence-corrected chi connectivity index (χ4v) is 4.28. The second-order valence-corrected chi connectivity index (χ2v) is 8.11. The summed E-state index contributed by atoms with van der Waals surface area (Å²) in [7, 11) is 3.71. The highest BCUT2D eigenvalue weighted by atomic mass is 16.5. The van der Waals surface area contributed by atoms with Gasteiger partial charge in [0.2, 0.25) is 5.91 Å². The Hall–Kier alpha value is -2.09. The van der Waals surface area contributed by atoms with Gasteiger partial charge in [-0.2, -0.15) is 0 Å². The smallest absolute Gasteiger partial charge is 0.230 e.